The van der Waals surface area contributed by atoms with Crippen LogP contribution in [0.25, 0.3) is 0 Å². The Morgan fingerprint density at radius 3 is 3.00 bits per heavy atom. The molecule has 0 radical (unpaired) electrons. The Labute approximate surface area is 106 Å². The maximum Gasteiger partial charge on any atom is 0.304 e. The lowest BCUT2D eigenvalue weighted by atomic mass is 9.96. The van der Waals surface area contributed by atoms with Crippen molar-refractivity contribution in [3.63, 3.8) is 0 Å². The predicted molar refractivity (Wildman–Crippen MR) is 64.0 cm³/mol. The monoisotopic (exact) mass is 256 g/mol. The molecule has 1 aliphatic carbocycles. The third kappa shape index (κ3) is 3.54. The molecule has 0 saturated carbocycles. The second kappa shape index (κ2) is 6.31. The van der Waals surface area contributed by atoms with Crippen molar-refractivity contribution in [3.05, 3.63) is 11.6 Å². The van der Waals surface area contributed by atoms with Gasteiger partial charge in [0.15, 0.2) is 6.29 Å². The van der Waals surface area contributed by atoms with Gasteiger partial charge in [-0.1, -0.05) is 6.08 Å². The Kier molecular flexibility index (Phi) is 4.74. The van der Waals surface area contributed by atoms with E-state index in [4.69, 9.17) is 14.6 Å². The van der Waals surface area contributed by atoms with Gasteiger partial charge in [0.1, 0.15) is 0 Å². The fraction of sp³-hybridized carbons (Fsp3) is 0.769. The number of carboxylic acid groups (broad SMARTS) is 1. The highest BCUT2D eigenvalue weighted by molar-refractivity contribution is 5.67. The molecule has 5 heteroatoms. The van der Waals surface area contributed by atoms with E-state index in [0.717, 1.165) is 31.4 Å². The number of carboxylic acids is 1. The number of aliphatic carboxylic acids is 1. The van der Waals surface area contributed by atoms with Gasteiger partial charge in [0.25, 0.3) is 0 Å². The SMILES string of the molecule is O=C(O)C[C@H]1C(COC2CCCCO2)=CC[C@H]1O. The van der Waals surface area contributed by atoms with Crippen molar-refractivity contribution < 1.29 is 24.5 Å². The number of hydrogen-bond acceptors (Lipinski definition) is 4. The summed E-state index contributed by atoms with van der Waals surface area (Å²) in [7, 11) is 0. The van der Waals surface area contributed by atoms with Gasteiger partial charge in [0.05, 0.1) is 19.1 Å². The van der Waals surface area contributed by atoms with Gasteiger partial charge in [0.2, 0.25) is 0 Å². The third-order valence-corrected chi connectivity index (χ3v) is 3.53. The van der Waals surface area contributed by atoms with E-state index in [2.05, 4.69) is 0 Å². The molecule has 0 aromatic heterocycles. The van der Waals surface area contributed by atoms with Crippen LogP contribution in [0, 0.1) is 5.92 Å². The lowest BCUT2D eigenvalue weighted by Crippen LogP contribution is -2.26. The maximum atomic E-state index is 10.7. The van der Waals surface area contributed by atoms with E-state index in [1.165, 1.54) is 0 Å². The van der Waals surface area contributed by atoms with Gasteiger partial charge in [-0.3, -0.25) is 4.79 Å². The zero-order chi connectivity index (χ0) is 13.0. The molecule has 1 unspecified atom stereocenters. The van der Waals surface area contributed by atoms with Crippen LogP contribution in [-0.4, -0.2) is 41.8 Å². The first-order valence-corrected chi connectivity index (χ1v) is 6.49. The highest BCUT2D eigenvalue weighted by Crippen LogP contribution is 2.30. The molecule has 1 aliphatic heterocycles. The Morgan fingerprint density at radius 2 is 2.33 bits per heavy atom. The van der Waals surface area contributed by atoms with Crippen LogP contribution in [-0.2, 0) is 14.3 Å². The number of aliphatic hydroxyl groups is 1. The molecule has 0 spiro atoms. The molecule has 1 saturated heterocycles. The summed E-state index contributed by atoms with van der Waals surface area (Å²) in [5, 5.41) is 18.6. The number of rotatable bonds is 5. The summed E-state index contributed by atoms with van der Waals surface area (Å²) >= 11 is 0. The number of ether oxygens (including phenoxy) is 2. The van der Waals surface area contributed by atoms with Crippen molar-refractivity contribution >= 4 is 5.97 Å². The Balaban J connectivity index is 1.81. The van der Waals surface area contributed by atoms with Gasteiger partial charge >= 0.3 is 5.97 Å². The van der Waals surface area contributed by atoms with E-state index in [9.17, 15) is 9.90 Å². The van der Waals surface area contributed by atoms with Crippen LogP contribution in [0.4, 0.5) is 0 Å². The molecule has 2 N–H and O–H groups in total. The first kappa shape index (κ1) is 13.5. The second-order valence-electron chi connectivity index (χ2n) is 4.89. The van der Waals surface area contributed by atoms with Crippen LogP contribution in [0.5, 0.6) is 0 Å². The van der Waals surface area contributed by atoms with Crippen molar-refractivity contribution in [1.29, 1.82) is 0 Å². The Hall–Kier alpha value is -0.910. The van der Waals surface area contributed by atoms with E-state index < -0.39 is 12.1 Å². The van der Waals surface area contributed by atoms with E-state index in [0.29, 0.717) is 13.0 Å². The minimum Gasteiger partial charge on any atom is -0.481 e. The number of aliphatic hydroxyl groups excluding tert-OH is 1. The van der Waals surface area contributed by atoms with Crippen LogP contribution in [0.3, 0.4) is 0 Å². The average Bonchev–Trinajstić information content (AvgIpc) is 2.69. The van der Waals surface area contributed by atoms with Gasteiger partial charge in [0, 0.05) is 12.5 Å². The van der Waals surface area contributed by atoms with Gasteiger partial charge in [-0.25, -0.2) is 0 Å². The zero-order valence-corrected chi connectivity index (χ0v) is 10.4. The highest BCUT2D eigenvalue weighted by atomic mass is 16.7. The molecule has 0 aromatic carbocycles. The molecule has 1 fully saturated rings. The minimum atomic E-state index is -0.888. The quantitative estimate of drug-likeness (QED) is 0.725. The first-order valence-electron chi connectivity index (χ1n) is 6.49. The van der Waals surface area contributed by atoms with E-state index in [-0.39, 0.29) is 18.6 Å². The predicted octanol–water partition coefficient (Wildman–Crippen LogP) is 1.31. The zero-order valence-electron chi connectivity index (χ0n) is 10.4. The van der Waals surface area contributed by atoms with Crippen LogP contribution in [0.2, 0.25) is 0 Å². The lowest BCUT2D eigenvalue weighted by molar-refractivity contribution is -0.158. The smallest absolute Gasteiger partial charge is 0.304 e. The van der Waals surface area contributed by atoms with E-state index in [1.807, 2.05) is 6.08 Å². The molecule has 3 atom stereocenters. The van der Waals surface area contributed by atoms with Crippen molar-refractivity contribution in [1.82, 2.24) is 0 Å². The average molecular weight is 256 g/mol. The minimum absolute atomic E-state index is 0.0398. The van der Waals surface area contributed by atoms with Crippen molar-refractivity contribution in [2.45, 2.75) is 44.5 Å². The number of hydrogen-bond donors (Lipinski definition) is 2. The fourth-order valence-corrected chi connectivity index (χ4v) is 2.49. The third-order valence-electron chi connectivity index (χ3n) is 3.53. The Morgan fingerprint density at radius 1 is 1.50 bits per heavy atom. The summed E-state index contributed by atoms with van der Waals surface area (Å²) in [6, 6.07) is 0. The Bertz CT molecular complexity index is 319. The van der Waals surface area contributed by atoms with Gasteiger partial charge in [-0.15, -0.1) is 0 Å². The summed E-state index contributed by atoms with van der Waals surface area (Å²) in [6.45, 7) is 1.09. The van der Waals surface area contributed by atoms with Crippen molar-refractivity contribution in [3.8, 4) is 0 Å². The van der Waals surface area contributed by atoms with Crippen LogP contribution in [0.1, 0.15) is 32.1 Å². The molecule has 0 amide bonds. The van der Waals surface area contributed by atoms with Crippen LogP contribution < -0.4 is 0 Å². The molecule has 2 rings (SSSR count). The van der Waals surface area contributed by atoms with E-state index >= 15 is 0 Å². The summed E-state index contributed by atoms with van der Waals surface area (Å²) in [5.41, 5.74) is 0.888. The fourth-order valence-electron chi connectivity index (χ4n) is 2.49. The molecular formula is C13H20O5. The summed E-state index contributed by atoms with van der Waals surface area (Å²) in [5.74, 6) is -1.20. The van der Waals surface area contributed by atoms with Crippen LogP contribution >= 0.6 is 0 Å². The summed E-state index contributed by atoms with van der Waals surface area (Å²) in [4.78, 5) is 10.7. The van der Waals surface area contributed by atoms with Gasteiger partial charge in [-0.2, -0.15) is 0 Å². The largest absolute Gasteiger partial charge is 0.481 e. The van der Waals surface area contributed by atoms with Crippen LogP contribution in [0.15, 0.2) is 11.6 Å². The molecule has 18 heavy (non-hydrogen) atoms. The van der Waals surface area contributed by atoms with E-state index in [1.54, 1.807) is 0 Å². The molecule has 2 aliphatic rings. The first-order chi connectivity index (χ1) is 8.66. The second-order valence-corrected chi connectivity index (χ2v) is 4.89. The molecule has 0 bridgehead atoms. The molecule has 1 heterocycles. The molecule has 0 aromatic rings. The summed E-state index contributed by atoms with van der Waals surface area (Å²) < 4.78 is 11.1. The van der Waals surface area contributed by atoms with Crippen molar-refractivity contribution in [2.75, 3.05) is 13.2 Å². The molecule has 5 nitrogen and oxygen atoms in total. The van der Waals surface area contributed by atoms with Gasteiger partial charge in [-0.05, 0) is 31.3 Å². The molecular weight excluding hydrogens is 236 g/mol. The normalized spacial score (nSPS) is 32.3. The number of carbonyl (C=O) groups is 1. The molecule has 102 valence electrons. The lowest BCUT2D eigenvalue weighted by Gasteiger charge is -2.24. The van der Waals surface area contributed by atoms with Gasteiger partial charge < -0.3 is 19.7 Å². The topological polar surface area (TPSA) is 76.0 Å². The van der Waals surface area contributed by atoms with Crippen molar-refractivity contribution in [2.24, 2.45) is 5.92 Å². The highest BCUT2D eigenvalue weighted by Gasteiger charge is 2.30. The maximum absolute atomic E-state index is 10.7. The summed E-state index contributed by atoms with van der Waals surface area (Å²) in [6.07, 6.45) is 4.66. The standard InChI is InChI=1S/C13H20O5/c14-11-5-4-9(10(11)7-12(15)16)8-18-13-3-1-2-6-17-13/h4,10-11,13-14H,1-3,5-8H2,(H,15,16)/t10-,11+,13?/m0/s1.